The van der Waals surface area contributed by atoms with Gasteiger partial charge in [-0.15, -0.1) is 0 Å². The predicted octanol–water partition coefficient (Wildman–Crippen LogP) is 4.07. The molecule has 0 saturated heterocycles. The summed E-state index contributed by atoms with van der Waals surface area (Å²) < 4.78 is 0. The van der Waals surface area contributed by atoms with Gasteiger partial charge in [-0.3, -0.25) is 0 Å². The molecule has 0 fully saturated rings. The van der Waals surface area contributed by atoms with Gasteiger partial charge in [-0.1, -0.05) is 53.8 Å². The first-order chi connectivity index (χ1) is 8.00. The van der Waals surface area contributed by atoms with Crippen LogP contribution >= 0.6 is 7.92 Å². The molecule has 2 heteroatoms. The largest absolute Gasteiger partial charge is 0.512 e. The molecule has 1 N–H and O–H groups in total. The highest BCUT2D eigenvalue weighted by molar-refractivity contribution is 7.67. The molecule has 0 spiro atoms. The Hall–Kier alpha value is -0.810. The van der Waals surface area contributed by atoms with Crippen molar-refractivity contribution in [2.45, 2.75) is 45.4 Å². The molecule has 0 aromatic heterocycles. The average molecular weight is 248 g/mol. The van der Waals surface area contributed by atoms with E-state index in [1.165, 1.54) is 16.4 Å². The third-order valence-electron chi connectivity index (χ3n) is 3.25. The molecule has 1 aromatic rings. The highest BCUT2D eigenvalue weighted by Gasteiger charge is 2.24. The lowest BCUT2D eigenvalue weighted by Gasteiger charge is -2.27. The number of allylic oxidation sites excluding steroid dienone is 1. The average Bonchev–Trinajstić information content (AvgIpc) is 2.58. The third kappa shape index (κ3) is 2.40. The fourth-order valence-corrected chi connectivity index (χ4v) is 5.76. The zero-order valence-corrected chi connectivity index (χ0v) is 12.0. The van der Waals surface area contributed by atoms with Crippen LogP contribution in [0.3, 0.4) is 0 Å². The molecule has 1 aromatic carbocycles. The van der Waals surface area contributed by atoms with Crippen molar-refractivity contribution in [2.75, 3.05) is 0 Å². The molecule has 17 heavy (non-hydrogen) atoms. The van der Waals surface area contributed by atoms with Gasteiger partial charge in [-0.05, 0) is 33.8 Å². The van der Waals surface area contributed by atoms with E-state index in [0.717, 1.165) is 0 Å². The molecule has 0 radical (unpaired) electrons. The second-order valence-electron chi connectivity index (χ2n) is 5.26. The highest BCUT2D eigenvalue weighted by atomic mass is 31.1. The van der Waals surface area contributed by atoms with Crippen molar-refractivity contribution in [3.8, 4) is 0 Å². The molecule has 0 heterocycles. The standard InChI is InChI=1S/C15H21OP/c1-10(2)17(11(3)4)15-7-5-6-12-8-13(16)9-14(12)15/h5-7,9-11,16H,8H2,1-4H3. The van der Waals surface area contributed by atoms with Crippen molar-refractivity contribution in [2.24, 2.45) is 0 Å². The quantitative estimate of drug-likeness (QED) is 0.799. The molecule has 1 nitrogen and oxygen atoms in total. The molecular formula is C15H21OP. The van der Waals surface area contributed by atoms with E-state index in [2.05, 4.69) is 45.9 Å². The lowest BCUT2D eigenvalue weighted by molar-refractivity contribution is 0.408. The zero-order valence-electron chi connectivity index (χ0n) is 11.1. The lowest BCUT2D eigenvalue weighted by atomic mass is 10.1. The number of rotatable bonds is 3. The minimum atomic E-state index is -0.151. The minimum Gasteiger partial charge on any atom is -0.512 e. The zero-order chi connectivity index (χ0) is 12.6. The summed E-state index contributed by atoms with van der Waals surface area (Å²) >= 11 is 0. The van der Waals surface area contributed by atoms with Crippen molar-refractivity contribution in [1.29, 1.82) is 0 Å². The summed E-state index contributed by atoms with van der Waals surface area (Å²) in [5.41, 5.74) is 3.95. The number of aliphatic hydroxyl groups is 1. The van der Waals surface area contributed by atoms with Crippen LogP contribution < -0.4 is 5.30 Å². The van der Waals surface area contributed by atoms with Crippen molar-refractivity contribution in [3.63, 3.8) is 0 Å². The Bertz CT molecular complexity index is 438. The number of hydrogen-bond acceptors (Lipinski definition) is 1. The molecule has 0 bridgehead atoms. The molecule has 0 unspecified atom stereocenters. The number of hydrogen-bond donors (Lipinski definition) is 1. The molecule has 0 aliphatic heterocycles. The second-order valence-corrected chi connectivity index (χ2v) is 8.62. The van der Waals surface area contributed by atoms with Crippen LogP contribution in [-0.4, -0.2) is 16.4 Å². The van der Waals surface area contributed by atoms with Crippen LogP contribution in [0.2, 0.25) is 0 Å². The first-order valence-electron chi connectivity index (χ1n) is 6.30. The Morgan fingerprint density at radius 3 is 2.35 bits per heavy atom. The predicted molar refractivity (Wildman–Crippen MR) is 77.6 cm³/mol. The second kappa shape index (κ2) is 4.82. The van der Waals surface area contributed by atoms with E-state index in [-0.39, 0.29) is 7.92 Å². The van der Waals surface area contributed by atoms with Gasteiger partial charge in [0.05, 0.1) is 5.76 Å². The van der Waals surface area contributed by atoms with Crippen molar-refractivity contribution >= 4 is 19.3 Å². The van der Waals surface area contributed by atoms with Crippen LogP contribution in [-0.2, 0) is 6.42 Å². The molecule has 2 rings (SSSR count). The molecule has 0 atom stereocenters. The Labute approximate surface area is 105 Å². The van der Waals surface area contributed by atoms with Gasteiger partial charge in [0.25, 0.3) is 0 Å². The molecule has 0 saturated carbocycles. The fourth-order valence-electron chi connectivity index (χ4n) is 2.71. The molecule has 92 valence electrons. The van der Waals surface area contributed by atoms with E-state index in [0.29, 0.717) is 23.5 Å². The maximum absolute atomic E-state index is 9.70. The van der Waals surface area contributed by atoms with Gasteiger partial charge < -0.3 is 5.11 Å². The Balaban J connectivity index is 2.49. The van der Waals surface area contributed by atoms with E-state index in [1.54, 1.807) is 0 Å². The SMILES string of the molecule is CC(C)P(c1cccc2c1C=C(O)C2)C(C)C. The van der Waals surface area contributed by atoms with E-state index in [1.807, 2.05) is 6.08 Å². The summed E-state index contributed by atoms with van der Waals surface area (Å²) in [6.45, 7) is 9.24. The maximum atomic E-state index is 9.70. The first kappa shape index (κ1) is 12.6. The molecule has 1 aliphatic rings. The maximum Gasteiger partial charge on any atom is 0.0972 e. The fraction of sp³-hybridized carbons (Fsp3) is 0.467. The summed E-state index contributed by atoms with van der Waals surface area (Å²) in [6, 6.07) is 6.52. The molecular weight excluding hydrogens is 227 g/mol. The summed E-state index contributed by atoms with van der Waals surface area (Å²) in [4.78, 5) is 0. The van der Waals surface area contributed by atoms with Gasteiger partial charge in [0, 0.05) is 6.42 Å². The van der Waals surface area contributed by atoms with E-state index >= 15 is 0 Å². The van der Waals surface area contributed by atoms with Crippen LogP contribution in [0.1, 0.15) is 38.8 Å². The van der Waals surface area contributed by atoms with Crippen LogP contribution in [0.4, 0.5) is 0 Å². The van der Waals surface area contributed by atoms with Crippen LogP contribution in [0, 0.1) is 0 Å². The van der Waals surface area contributed by atoms with Gasteiger partial charge >= 0.3 is 0 Å². The van der Waals surface area contributed by atoms with E-state index in [4.69, 9.17) is 0 Å². The monoisotopic (exact) mass is 248 g/mol. The summed E-state index contributed by atoms with van der Waals surface area (Å²) in [5.74, 6) is 0.509. The van der Waals surface area contributed by atoms with Gasteiger partial charge in [0.2, 0.25) is 0 Å². The van der Waals surface area contributed by atoms with Crippen molar-refractivity contribution in [3.05, 3.63) is 35.1 Å². The summed E-state index contributed by atoms with van der Waals surface area (Å²) in [7, 11) is -0.151. The van der Waals surface area contributed by atoms with Crippen LogP contribution in [0.5, 0.6) is 0 Å². The highest BCUT2D eigenvalue weighted by Crippen LogP contribution is 2.46. The van der Waals surface area contributed by atoms with Gasteiger partial charge in [-0.25, -0.2) is 0 Å². The Kier molecular flexibility index (Phi) is 3.58. The molecule has 1 aliphatic carbocycles. The number of aliphatic hydroxyl groups excluding tert-OH is 1. The summed E-state index contributed by atoms with van der Waals surface area (Å²) in [6.07, 6.45) is 2.67. The Morgan fingerprint density at radius 2 is 1.76 bits per heavy atom. The topological polar surface area (TPSA) is 20.2 Å². The van der Waals surface area contributed by atoms with E-state index in [9.17, 15) is 5.11 Å². The normalized spacial score (nSPS) is 14.6. The molecule has 0 amide bonds. The third-order valence-corrected chi connectivity index (χ3v) is 6.42. The Morgan fingerprint density at radius 1 is 1.12 bits per heavy atom. The number of benzene rings is 1. The summed E-state index contributed by atoms with van der Waals surface area (Å²) in [5, 5.41) is 11.2. The van der Waals surface area contributed by atoms with Gasteiger partial charge in [-0.2, -0.15) is 0 Å². The minimum absolute atomic E-state index is 0.151. The lowest BCUT2D eigenvalue weighted by Crippen LogP contribution is -2.17. The number of fused-ring (bicyclic) bond motifs is 1. The van der Waals surface area contributed by atoms with Crippen molar-refractivity contribution < 1.29 is 5.11 Å². The first-order valence-corrected chi connectivity index (χ1v) is 7.78. The van der Waals surface area contributed by atoms with E-state index < -0.39 is 0 Å². The van der Waals surface area contributed by atoms with Crippen LogP contribution in [0.25, 0.3) is 6.08 Å². The van der Waals surface area contributed by atoms with Crippen molar-refractivity contribution in [1.82, 2.24) is 0 Å². The van der Waals surface area contributed by atoms with Gasteiger partial charge in [0.15, 0.2) is 0 Å². The van der Waals surface area contributed by atoms with Crippen LogP contribution in [0.15, 0.2) is 24.0 Å². The smallest absolute Gasteiger partial charge is 0.0972 e. The van der Waals surface area contributed by atoms with Gasteiger partial charge in [0.1, 0.15) is 0 Å².